The summed E-state index contributed by atoms with van der Waals surface area (Å²) in [4.78, 5) is 12.7. The molecular formula is C25H24ClNO3. The molecule has 154 valence electrons. The van der Waals surface area contributed by atoms with Gasteiger partial charge >= 0.3 is 0 Å². The van der Waals surface area contributed by atoms with E-state index in [1.807, 2.05) is 61.5 Å². The molecule has 1 amide bonds. The molecular weight excluding hydrogens is 398 g/mol. The molecule has 1 atom stereocenters. The topological polar surface area (TPSA) is 47.6 Å². The Bertz CT molecular complexity index is 1030. The Hall–Kier alpha value is -3.24. The normalized spacial score (nSPS) is 11.9. The SMILES string of the molecule is COc1cc(/C=C/C(=O)NC(c2ccccc2)c2ccc(C)cc2)cc(Cl)c1OC. The van der Waals surface area contributed by atoms with Gasteiger partial charge in [0.2, 0.25) is 5.91 Å². The number of carbonyl (C=O) groups excluding carboxylic acids is 1. The Kier molecular flexibility index (Phi) is 7.15. The number of rotatable bonds is 7. The predicted octanol–water partition coefficient (Wildman–Crippen LogP) is 5.58. The highest BCUT2D eigenvalue weighted by Gasteiger charge is 2.16. The van der Waals surface area contributed by atoms with Gasteiger partial charge in [0.1, 0.15) is 0 Å². The fourth-order valence-corrected chi connectivity index (χ4v) is 3.46. The molecule has 0 bridgehead atoms. The second-order valence-electron chi connectivity index (χ2n) is 6.83. The van der Waals surface area contributed by atoms with Crippen molar-refractivity contribution in [3.05, 3.63) is 100 Å². The minimum Gasteiger partial charge on any atom is -0.493 e. The molecule has 0 saturated heterocycles. The Morgan fingerprint density at radius 2 is 1.63 bits per heavy atom. The second-order valence-corrected chi connectivity index (χ2v) is 7.24. The van der Waals surface area contributed by atoms with E-state index in [0.29, 0.717) is 16.5 Å². The number of carbonyl (C=O) groups is 1. The Labute approximate surface area is 182 Å². The predicted molar refractivity (Wildman–Crippen MR) is 121 cm³/mol. The molecule has 0 heterocycles. The van der Waals surface area contributed by atoms with Crippen LogP contribution in [0.5, 0.6) is 11.5 Å². The summed E-state index contributed by atoms with van der Waals surface area (Å²) in [5.41, 5.74) is 3.93. The van der Waals surface area contributed by atoms with Crippen LogP contribution in [0.15, 0.2) is 72.8 Å². The van der Waals surface area contributed by atoms with Gasteiger partial charge in [-0.15, -0.1) is 0 Å². The summed E-state index contributed by atoms with van der Waals surface area (Å²) in [5, 5.41) is 3.51. The van der Waals surface area contributed by atoms with Crippen molar-refractivity contribution in [1.82, 2.24) is 5.32 Å². The monoisotopic (exact) mass is 421 g/mol. The standard InChI is InChI=1S/C25H24ClNO3/c1-17-9-12-20(13-10-17)24(19-7-5-4-6-8-19)27-23(28)14-11-18-15-21(26)25(30-3)22(16-18)29-2/h4-16,24H,1-3H3,(H,27,28)/b14-11+. The van der Waals surface area contributed by atoms with Gasteiger partial charge in [-0.1, -0.05) is 71.8 Å². The summed E-state index contributed by atoms with van der Waals surface area (Å²) in [6, 6.07) is 21.3. The van der Waals surface area contributed by atoms with Gasteiger partial charge in [0.15, 0.2) is 11.5 Å². The average molecular weight is 422 g/mol. The van der Waals surface area contributed by atoms with Crippen LogP contribution in [0.4, 0.5) is 0 Å². The van der Waals surface area contributed by atoms with Crippen molar-refractivity contribution in [2.45, 2.75) is 13.0 Å². The zero-order chi connectivity index (χ0) is 21.5. The quantitative estimate of drug-likeness (QED) is 0.506. The number of nitrogens with one attached hydrogen (secondary N) is 1. The molecule has 30 heavy (non-hydrogen) atoms. The zero-order valence-electron chi connectivity index (χ0n) is 17.2. The number of aryl methyl sites for hydroxylation is 1. The van der Waals surface area contributed by atoms with Gasteiger partial charge in [-0.25, -0.2) is 0 Å². The maximum absolute atomic E-state index is 12.7. The van der Waals surface area contributed by atoms with Crippen LogP contribution in [0.2, 0.25) is 5.02 Å². The molecule has 0 radical (unpaired) electrons. The van der Waals surface area contributed by atoms with Crippen LogP contribution in [0.1, 0.15) is 28.3 Å². The first kappa shape index (κ1) is 21.5. The van der Waals surface area contributed by atoms with E-state index < -0.39 is 0 Å². The first-order valence-corrected chi connectivity index (χ1v) is 9.91. The maximum Gasteiger partial charge on any atom is 0.244 e. The molecule has 5 heteroatoms. The number of hydrogen-bond donors (Lipinski definition) is 1. The molecule has 4 nitrogen and oxygen atoms in total. The molecule has 0 spiro atoms. The second kappa shape index (κ2) is 9.99. The van der Waals surface area contributed by atoms with Crippen molar-refractivity contribution < 1.29 is 14.3 Å². The van der Waals surface area contributed by atoms with Gasteiger partial charge in [0, 0.05) is 6.08 Å². The highest BCUT2D eigenvalue weighted by Crippen LogP contribution is 2.36. The minimum atomic E-state index is -0.252. The van der Waals surface area contributed by atoms with Crippen LogP contribution in [0.3, 0.4) is 0 Å². The van der Waals surface area contributed by atoms with E-state index in [2.05, 4.69) is 5.32 Å². The molecule has 3 aromatic rings. The van der Waals surface area contributed by atoms with Gasteiger partial charge < -0.3 is 14.8 Å². The lowest BCUT2D eigenvalue weighted by Crippen LogP contribution is -2.27. The fourth-order valence-electron chi connectivity index (χ4n) is 3.16. The van der Waals surface area contributed by atoms with Gasteiger partial charge in [0.25, 0.3) is 0 Å². The summed E-state index contributed by atoms with van der Waals surface area (Å²) in [6.45, 7) is 2.04. The van der Waals surface area contributed by atoms with E-state index in [-0.39, 0.29) is 11.9 Å². The number of hydrogen-bond acceptors (Lipinski definition) is 3. The third kappa shape index (κ3) is 5.22. The van der Waals surface area contributed by atoms with Crippen molar-refractivity contribution in [1.29, 1.82) is 0 Å². The van der Waals surface area contributed by atoms with Crippen LogP contribution in [-0.4, -0.2) is 20.1 Å². The fraction of sp³-hybridized carbons (Fsp3) is 0.160. The number of halogens is 1. The van der Waals surface area contributed by atoms with Gasteiger partial charge in [-0.2, -0.15) is 0 Å². The molecule has 0 aromatic heterocycles. The van der Waals surface area contributed by atoms with Crippen molar-refractivity contribution in [2.75, 3.05) is 14.2 Å². The maximum atomic E-state index is 12.7. The van der Waals surface area contributed by atoms with Crippen molar-refractivity contribution in [2.24, 2.45) is 0 Å². The summed E-state index contributed by atoms with van der Waals surface area (Å²) in [7, 11) is 3.07. The lowest BCUT2D eigenvalue weighted by molar-refractivity contribution is -0.116. The Morgan fingerprint density at radius 3 is 2.27 bits per heavy atom. The summed E-state index contributed by atoms with van der Waals surface area (Å²) >= 11 is 6.25. The number of methoxy groups -OCH3 is 2. The average Bonchev–Trinajstić information content (AvgIpc) is 2.77. The third-order valence-electron chi connectivity index (χ3n) is 4.71. The van der Waals surface area contributed by atoms with Crippen molar-refractivity contribution in [3.8, 4) is 11.5 Å². The molecule has 0 aliphatic heterocycles. The first-order chi connectivity index (χ1) is 14.5. The van der Waals surface area contributed by atoms with E-state index in [1.54, 1.807) is 25.3 Å². The smallest absolute Gasteiger partial charge is 0.244 e. The van der Waals surface area contributed by atoms with E-state index in [4.69, 9.17) is 21.1 Å². The minimum absolute atomic E-state index is 0.213. The molecule has 1 unspecified atom stereocenters. The molecule has 0 saturated carbocycles. The zero-order valence-corrected chi connectivity index (χ0v) is 17.9. The van der Waals surface area contributed by atoms with E-state index in [9.17, 15) is 4.79 Å². The molecule has 0 fully saturated rings. The number of ether oxygens (including phenoxy) is 2. The molecule has 3 aromatic carbocycles. The highest BCUT2D eigenvalue weighted by molar-refractivity contribution is 6.32. The number of benzene rings is 3. The molecule has 0 aliphatic carbocycles. The van der Waals surface area contributed by atoms with Gasteiger partial charge in [-0.3, -0.25) is 4.79 Å². The lowest BCUT2D eigenvalue weighted by atomic mass is 9.98. The highest BCUT2D eigenvalue weighted by atomic mass is 35.5. The third-order valence-corrected chi connectivity index (χ3v) is 4.99. The van der Waals surface area contributed by atoms with Crippen LogP contribution in [-0.2, 0) is 4.79 Å². The largest absolute Gasteiger partial charge is 0.493 e. The van der Waals surface area contributed by atoms with Gasteiger partial charge in [-0.05, 0) is 41.8 Å². The number of amides is 1. The van der Waals surface area contributed by atoms with Crippen LogP contribution < -0.4 is 14.8 Å². The van der Waals surface area contributed by atoms with Crippen molar-refractivity contribution >= 4 is 23.6 Å². The Morgan fingerprint density at radius 1 is 0.967 bits per heavy atom. The van der Waals surface area contributed by atoms with Gasteiger partial charge in [0.05, 0.1) is 25.3 Å². The Balaban J connectivity index is 1.83. The first-order valence-electron chi connectivity index (χ1n) is 9.53. The van der Waals surface area contributed by atoms with E-state index in [0.717, 1.165) is 16.7 Å². The van der Waals surface area contributed by atoms with Crippen LogP contribution in [0.25, 0.3) is 6.08 Å². The molecule has 1 N–H and O–H groups in total. The van der Waals surface area contributed by atoms with E-state index in [1.165, 1.54) is 18.7 Å². The molecule has 3 rings (SSSR count). The van der Waals surface area contributed by atoms with Crippen molar-refractivity contribution in [3.63, 3.8) is 0 Å². The summed E-state index contributed by atoms with van der Waals surface area (Å²) < 4.78 is 10.6. The lowest BCUT2D eigenvalue weighted by Gasteiger charge is -2.19. The molecule has 0 aliphatic rings. The summed E-state index contributed by atoms with van der Waals surface area (Å²) in [5.74, 6) is 0.756. The summed E-state index contributed by atoms with van der Waals surface area (Å²) in [6.07, 6.45) is 3.18. The van der Waals surface area contributed by atoms with E-state index >= 15 is 0 Å². The van der Waals surface area contributed by atoms with Crippen LogP contribution >= 0.6 is 11.6 Å². The van der Waals surface area contributed by atoms with Crippen LogP contribution in [0, 0.1) is 6.92 Å².